The van der Waals surface area contributed by atoms with Gasteiger partial charge in [0.15, 0.2) is 0 Å². The number of hydrogen-bond donors (Lipinski definition) is 0. The molecule has 0 atom stereocenters. The number of unbranched alkanes of at least 4 members (excludes halogenated alkanes) is 4. The van der Waals surface area contributed by atoms with E-state index in [1.807, 2.05) is 0 Å². The average Bonchev–Trinajstić information content (AvgIpc) is 2.56. The number of hydrogen-bond acceptors (Lipinski definition) is 0. The van der Waals surface area contributed by atoms with Crippen LogP contribution < -0.4 is 0 Å². The van der Waals surface area contributed by atoms with Crippen LogP contribution in [0, 0.1) is 23.7 Å². The minimum absolute atomic E-state index is 1.04. The molecule has 1 heteroatoms. The highest BCUT2D eigenvalue weighted by Crippen LogP contribution is 2.42. The van der Waals surface area contributed by atoms with E-state index in [9.17, 15) is 0 Å². The van der Waals surface area contributed by atoms with Gasteiger partial charge in [0.1, 0.15) is 0 Å². The number of rotatable bonds is 9. The molecule has 0 aliphatic heterocycles. The maximum atomic E-state index is 3.62. The molecule has 22 heavy (non-hydrogen) atoms. The Kier molecular flexibility index (Phi) is 9.50. The van der Waals surface area contributed by atoms with E-state index in [-0.39, 0.29) is 0 Å². The summed E-state index contributed by atoms with van der Waals surface area (Å²) < 4.78 is 0. The zero-order valence-electron chi connectivity index (χ0n) is 15.0. The summed E-state index contributed by atoms with van der Waals surface area (Å²) >= 11 is 3.62. The monoisotopic (exact) mass is 370 g/mol. The van der Waals surface area contributed by atoms with Crippen molar-refractivity contribution in [3.8, 4) is 0 Å². The normalized spacial score (nSPS) is 33.0. The van der Waals surface area contributed by atoms with Crippen LogP contribution in [-0.2, 0) is 0 Å². The van der Waals surface area contributed by atoms with Crippen molar-refractivity contribution in [1.29, 1.82) is 0 Å². The van der Waals surface area contributed by atoms with Crippen molar-refractivity contribution in [2.45, 2.75) is 103 Å². The molecule has 0 N–H and O–H groups in total. The maximum absolute atomic E-state index is 3.62. The first-order chi connectivity index (χ1) is 10.8. The van der Waals surface area contributed by atoms with Gasteiger partial charge in [-0.25, -0.2) is 0 Å². The Labute approximate surface area is 148 Å². The van der Waals surface area contributed by atoms with Gasteiger partial charge in [-0.15, -0.1) is 0 Å². The van der Waals surface area contributed by atoms with E-state index in [1.54, 1.807) is 38.5 Å². The highest BCUT2D eigenvalue weighted by atomic mass is 79.9. The van der Waals surface area contributed by atoms with E-state index in [2.05, 4.69) is 22.9 Å². The van der Waals surface area contributed by atoms with Crippen LogP contribution in [0.3, 0.4) is 0 Å². The minimum Gasteiger partial charge on any atom is -0.0928 e. The first kappa shape index (κ1) is 18.8. The zero-order chi connectivity index (χ0) is 15.6. The first-order valence-electron chi connectivity index (χ1n) is 10.4. The molecule has 2 aliphatic rings. The van der Waals surface area contributed by atoms with Crippen LogP contribution in [-0.4, -0.2) is 5.33 Å². The van der Waals surface area contributed by atoms with Crippen molar-refractivity contribution in [3.05, 3.63) is 0 Å². The van der Waals surface area contributed by atoms with Crippen molar-refractivity contribution in [2.75, 3.05) is 5.33 Å². The number of alkyl halides is 1. The van der Waals surface area contributed by atoms with Crippen molar-refractivity contribution >= 4 is 15.9 Å². The van der Waals surface area contributed by atoms with E-state index in [0.717, 1.165) is 23.7 Å². The topological polar surface area (TPSA) is 0 Å². The second kappa shape index (κ2) is 11.1. The smallest absolute Gasteiger partial charge is 0.00339 e. The summed E-state index contributed by atoms with van der Waals surface area (Å²) in [5, 5.41) is 1.21. The largest absolute Gasteiger partial charge is 0.0928 e. The molecule has 0 aromatic carbocycles. The summed E-state index contributed by atoms with van der Waals surface area (Å²) in [5.41, 5.74) is 0. The maximum Gasteiger partial charge on any atom is 0.00339 e. The summed E-state index contributed by atoms with van der Waals surface area (Å²) in [6, 6.07) is 0. The highest BCUT2D eigenvalue weighted by molar-refractivity contribution is 9.09. The Morgan fingerprint density at radius 1 is 0.636 bits per heavy atom. The molecule has 0 radical (unpaired) electrons. The van der Waals surface area contributed by atoms with Gasteiger partial charge in [-0.05, 0) is 55.8 Å². The molecule has 0 unspecified atom stereocenters. The van der Waals surface area contributed by atoms with Crippen LogP contribution in [0.25, 0.3) is 0 Å². The Morgan fingerprint density at radius 2 is 1.14 bits per heavy atom. The van der Waals surface area contributed by atoms with Gasteiger partial charge in [-0.1, -0.05) is 87.1 Å². The van der Waals surface area contributed by atoms with Gasteiger partial charge in [0.05, 0.1) is 0 Å². The molecule has 0 aromatic rings. The molecule has 2 aliphatic carbocycles. The van der Waals surface area contributed by atoms with Crippen LogP contribution in [0.5, 0.6) is 0 Å². The van der Waals surface area contributed by atoms with Gasteiger partial charge in [0.25, 0.3) is 0 Å². The molecule has 130 valence electrons. The third kappa shape index (κ3) is 6.54. The summed E-state index contributed by atoms with van der Waals surface area (Å²) in [6.45, 7) is 2.31. The molecule has 0 saturated heterocycles. The van der Waals surface area contributed by atoms with Crippen molar-refractivity contribution < 1.29 is 0 Å². The van der Waals surface area contributed by atoms with Crippen molar-refractivity contribution in [1.82, 2.24) is 0 Å². The second-order valence-electron chi connectivity index (χ2n) is 8.24. The Bertz CT molecular complexity index is 259. The van der Waals surface area contributed by atoms with E-state index in [4.69, 9.17) is 0 Å². The zero-order valence-corrected chi connectivity index (χ0v) is 16.6. The number of halogens is 1. The van der Waals surface area contributed by atoms with Crippen LogP contribution in [0.4, 0.5) is 0 Å². The van der Waals surface area contributed by atoms with Gasteiger partial charge >= 0.3 is 0 Å². The molecule has 0 heterocycles. The van der Waals surface area contributed by atoms with Gasteiger partial charge in [-0.2, -0.15) is 0 Å². The van der Waals surface area contributed by atoms with Crippen molar-refractivity contribution in [3.63, 3.8) is 0 Å². The van der Waals surface area contributed by atoms with Crippen LogP contribution in [0.2, 0.25) is 0 Å². The molecule has 0 amide bonds. The molecule has 0 aromatic heterocycles. The Hall–Kier alpha value is 0.480. The molecule has 2 fully saturated rings. The summed E-state index contributed by atoms with van der Waals surface area (Å²) in [5.74, 6) is 4.32. The molecule has 0 spiro atoms. The van der Waals surface area contributed by atoms with E-state index in [0.29, 0.717) is 0 Å². The highest BCUT2D eigenvalue weighted by Gasteiger charge is 2.30. The Balaban J connectivity index is 1.55. The average molecular weight is 371 g/mol. The summed E-state index contributed by atoms with van der Waals surface area (Å²) in [7, 11) is 0. The third-order valence-electron chi connectivity index (χ3n) is 6.68. The van der Waals surface area contributed by atoms with Crippen LogP contribution >= 0.6 is 15.9 Å². The lowest BCUT2D eigenvalue weighted by Crippen LogP contribution is -2.26. The summed E-state index contributed by atoms with van der Waals surface area (Å²) in [6.07, 6.45) is 22.6. The second-order valence-corrected chi connectivity index (χ2v) is 9.04. The lowest BCUT2D eigenvalue weighted by molar-refractivity contribution is 0.142. The van der Waals surface area contributed by atoms with Gasteiger partial charge < -0.3 is 0 Å². The van der Waals surface area contributed by atoms with Gasteiger partial charge in [0, 0.05) is 5.33 Å². The molecular weight excluding hydrogens is 332 g/mol. The molecule has 2 saturated carbocycles. The summed E-state index contributed by atoms with van der Waals surface area (Å²) in [4.78, 5) is 0. The fraction of sp³-hybridized carbons (Fsp3) is 1.00. The van der Waals surface area contributed by atoms with Crippen LogP contribution in [0.15, 0.2) is 0 Å². The fourth-order valence-electron chi connectivity index (χ4n) is 5.09. The lowest BCUT2D eigenvalue weighted by atomic mass is 9.68. The van der Waals surface area contributed by atoms with E-state index >= 15 is 0 Å². The molecule has 2 rings (SSSR count). The lowest BCUT2D eigenvalue weighted by Gasteiger charge is -2.38. The van der Waals surface area contributed by atoms with Gasteiger partial charge in [-0.3, -0.25) is 0 Å². The Morgan fingerprint density at radius 3 is 1.64 bits per heavy atom. The van der Waals surface area contributed by atoms with E-state index < -0.39 is 0 Å². The van der Waals surface area contributed by atoms with Gasteiger partial charge in [0.2, 0.25) is 0 Å². The molecular formula is C21H39Br. The quantitative estimate of drug-likeness (QED) is 0.287. The van der Waals surface area contributed by atoms with Crippen molar-refractivity contribution in [2.24, 2.45) is 23.7 Å². The fourth-order valence-corrected chi connectivity index (χ4v) is 5.73. The van der Waals surface area contributed by atoms with E-state index in [1.165, 1.54) is 63.1 Å². The minimum atomic E-state index is 1.04. The predicted octanol–water partition coefficient (Wildman–Crippen LogP) is 7.74. The molecule has 0 nitrogen and oxygen atoms in total. The predicted molar refractivity (Wildman–Crippen MR) is 103 cm³/mol. The van der Waals surface area contributed by atoms with Crippen LogP contribution in [0.1, 0.15) is 103 Å². The SMILES string of the molecule is CCCCCCC[C@H]1CC[C@H](C2CCC(CCBr)CC2)CC1. The first-order valence-corrected chi connectivity index (χ1v) is 11.5. The molecule has 0 bridgehead atoms. The third-order valence-corrected chi connectivity index (χ3v) is 7.14. The standard InChI is InChI=1S/C21H39Br/c1-2-3-4-5-6-7-18-8-12-20(13-9-18)21-14-10-19(11-15-21)16-17-22/h18-21H,2-17H2,1H3/t18-,19?,20-,21?.